The normalized spacial score (nSPS) is 16.8. The highest BCUT2D eigenvalue weighted by Gasteiger charge is 2.30. The molecule has 1 aliphatic rings. The number of carbonyl (C=O) groups excluding carboxylic acids is 1. The molecular formula is C16H21NO5. The van der Waals surface area contributed by atoms with Crippen molar-refractivity contribution in [1.82, 2.24) is 5.32 Å². The molecule has 6 nitrogen and oxygen atoms in total. The Morgan fingerprint density at radius 1 is 1.36 bits per heavy atom. The maximum absolute atomic E-state index is 12.2. The van der Waals surface area contributed by atoms with Crippen molar-refractivity contribution < 1.29 is 24.2 Å². The van der Waals surface area contributed by atoms with Gasteiger partial charge in [0.1, 0.15) is 5.75 Å². The molecular weight excluding hydrogens is 286 g/mol. The lowest BCUT2D eigenvalue weighted by Crippen LogP contribution is -2.39. The summed E-state index contributed by atoms with van der Waals surface area (Å²) in [4.78, 5) is 23.7. The van der Waals surface area contributed by atoms with Gasteiger partial charge in [0, 0.05) is 19.8 Å². The first kappa shape index (κ1) is 16.3. The number of methoxy groups -OCH3 is 1. The first-order valence-electron chi connectivity index (χ1n) is 7.35. The Bertz CT molecular complexity index is 525. The maximum Gasteiger partial charge on any atom is 0.308 e. The van der Waals surface area contributed by atoms with Crippen molar-refractivity contribution in [2.24, 2.45) is 11.8 Å². The highest BCUT2D eigenvalue weighted by atomic mass is 16.5. The minimum atomic E-state index is -0.882. The summed E-state index contributed by atoms with van der Waals surface area (Å²) in [6.07, 6.45) is 1.42. The monoisotopic (exact) mass is 307 g/mol. The van der Waals surface area contributed by atoms with Gasteiger partial charge in [-0.3, -0.25) is 9.59 Å². The molecule has 1 aromatic rings. The van der Waals surface area contributed by atoms with Crippen LogP contribution in [0.1, 0.15) is 23.2 Å². The van der Waals surface area contributed by atoms with Crippen LogP contribution in [0.25, 0.3) is 0 Å². The molecule has 1 heterocycles. The van der Waals surface area contributed by atoms with E-state index >= 15 is 0 Å². The summed E-state index contributed by atoms with van der Waals surface area (Å²) in [5, 5.41) is 12.1. The van der Waals surface area contributed by atoms with Gasteiger partial charge in [0.15, 0.2) is 0 Å². The molecule has 0 spiro atoms. The number of carboxylic acid groups (broad SMARTS) is 1. The van der Waals surface area contributed by atoms with Crippen molar-refractivity contribution >= 4 is 11.9 Å². The van der Waals surface area contributed by atoms with Gasteiger partial charge in [-0.2, -0.15) is 0 Å². The predicted octanol–water partition coefficient (Wildman–Crippen LogP) is 1.55. The maximum atomic E-state index is 12.2. The molecule has 1 aliphatic heterocycles. The van der Waals surface area contributed by atoms with Crippen LogP contribution >= 0.6 is 0 Å². The minimum absolute atomic E-state index is 0.0317. The molecule has 0 bridgehead atoms. The summed E-state index contributed by atoms with van der Waals surface area (Å²) in [7, 11) is 1.49. The van der Waals surface area contributed by atoms with E-state index in [9.17, 15) is 14.7 Å². The van der Waals surface area contributed by atoms with Crippen molar-refractivity contribution in [2.75, 3.05) is 26.9 Å². The van der Waals surface area contributed by atoms with Gasteiger partial charge in [0.05, 0.1) is 18.6 Å². The second kappa shape index (κ2) is 7.79. The fourth-order valence-corrected chi connectivity index (χ4v) is 2.70. The molecule has 6 heteroatoms. The van der Waals surface area contributed by atoms with E-state index in [1.165, 1.54) is 7.11 Å². The third-order valence-electron chi connectivity index (χ3n) is 3.99. The predicted molar refractivity (Wildman–Crippen MR) is 80.0 cm³/mol. The summed E-state index contributed by atoms with van der Waals surface area (Å²) >= 11 is 0. The Morgan fingerprint density at radius 2 is 2.05 bits per heavy atom. The number of carbonyl (C=O) groups is 2. The van der Waals surface area contributed by atoms with Crippen LogP contribution in [0.15, 0.2) is 24.3 Å². The number of rotatable bonds is 6. The first-order valence-corrected chi connectivity index (χ1v) is 7.35. The van der Waals surface area contributed by atoms with E-state index in [0.29, 0.717) is 37.4 Å². The van der Waals surface area contributed by atoms with Crippen LogP contribution in [0.2, 0.25) is 0 Å². The standard InChI is InChI=1S/C16H21NO5/c1-21-14-5-3-2-4-12(14)15(18)17-10-13(16(19)20)11-6-8-22-9-7-11/h2-5,11,13H,6-10H2,1H3,(H,17,18)(H,19,20). The van der Waals surface area contributed by atoms with E-state index in [1.54, 1.807) is 24.3 Å². The Morgan fingerprint density at radius 3 is 2.68 bits per heavy atom. The number of benzene rings is 1. The Balaban J connectivity index is 1.99. The van der Waals surface area contributed by atoms with Gasteiger partial charge in [-0.1, -0.05) is 12.1 Å². The van der Waals surface area contributed by atoms with Crippen molar-refractivity contribution in [3.63, 3.8) is 0 Å². The van der Waals surface area contributed by atoms with Gasteiger partial charge in [-0.25, -0.2) is 0 Å². The zero-order valence-corrected chi connectivity index (χ0v) is 12.6. The summed E-state index contributed by atoms with van der Waals surface area (Å²) in [5.41, 5.74) is 0.404. The van der Waals surface area contributed by atoms with E-state index < -0.39 is 11.9 Å². The molecule has 120 valence electrons. The average molecular weight is 307 g/mol. The van der Waals surface area contributed by atoms with Crippen LogP contribution in [-0.2, 0) is 9.53 Å². The number of nitrogens with one attached hydrogen (secondary N) is 1. The molecule has 1 unspecified atom stereocenters. The zero-order valence-electron chi connectivity index (χ0n) is 12.6. The Hall–Kier alpha value is -2.08. The van der Waals surface area contributed by atoms with Crippen LogP contribution in [0.4, 0.5) is 0 Å². The highest BCUT2D eigenvalue weighted by molar-refractivity contribution is 5.97. The zero-order chi connectivity index (χ0) is 15.9. The van der Waals surface area contributed by atoms with Crippen LogP contribution in [0.5, 0.6) is 5.75 Å². The van der Waals surface area contributed by atoms with Crippen LogP contribution < -0.4 is 10.1 Å². The topological polar surface area (TPSA) is 84.9 Å². The SMILES string of the molecule is COc1ccccc1C(=O)NCC(C(=O)O)C1CCOCC1. The van der Waals surface area contributed by atoms with Crippen molar-refractivity contribution in [3.05, 3.63) is 29.8 Å². The second-order valence-corrected chi connectivity index (χ2v) is 5.30. The fraction of sp³-hybridized carbons (Fsp3) is 0.500. The lowest BCUT2D eigenvalue weighted by molar-refractivity contribution is -0.144. The number of amides is 1. The summed E-state index contributed by atoms with van der Waals surface area (Å²) in [6, 6.07) is 6.86. The van der Waals surface area contributed by atoms with Gasteiger partial charge in [-0.15, -0.1) is 0 Å². The van der Waals surface area contributed by atoms with Crippen molar-refractivity contribution in [1.29, 1.82) is 0 Å². The summed E-state index contributed by atoms with van der Waals surface area (Å²) in [6.45, 7) is 1.26. The van der Waals surface area contributed by atoms with Gasteiger partial charge in [0.25, 0.3) is 5.91 Å². The second-order valence-electron chi connectivity index (χ2n) is 5.30. The van der Waals surface area contributed by atoms with E-state index in [2.05, 4.69) is 5.32 Å². The van der Waals surface area contributed by atoms with Gasteiger partial charge in [-0.05, 0) is 30.9 Å². The van der Waals surface area contributed by atoms with Gasteiger partial charge >= 0.3 is 5.97 Å². The first-order chi connectivity index (χ1) is 10.6. The third-order valence-corrected chi connectivity index (χ3v) is 3.99. The quantitative estimate of drug-likeness (QED) is 0.833. The molecule has 1 saturated heterocycles. The summed E-state index contributed by atoms with van der Waals surface area (Å²) in [5.74, 6) is -1.30. The van der Waals surface area contributed by atoms with E-state index in [-0.39, 0.29) is 18.4 Å². The molecule has 1 atom stereocenters. The Kier molecular flexibility index (Phi) is 5.77. The molecule has 2 N–H and O–H groups in total. The molecule has 0 radical (unpaired) electrons. The van der Waals surface area contributed by atoms with Crippen LogP contribution in [-0.4, -0.2) is 43.9 Å². The summed E-state index contributed by atoms with van der Waals surface area (Å²) < 4.78 is 10.4. The molecule has 22 heavy (non-hydrogen) atoms. The fourth-order valence-electron chi connectivity index (χ4n) is 2.70. The van der Waals surface area contributed by atoms with Crippen molar-refractivity contribution in [2.45, 2.75) is 12.8 Å². The minimum Gasteiger partial charge on any atom is -0.496 e. The lowest BCUT2D eigenvalue weighted by Gasteiger charge is -2.27. The molecule has 1 aromatic carbocycles. The molecule has 0 aliphatic carbocycles. The van der Waals surface area contributed by atoms with Crippen LogP contribution in [0.3, 0.4) is 0 Å². The average Bonchev–Trinajstić information content (AvgIpc) is 2.55. The van der Waals surface area contributed by atoms with E-state index in [1.807, 2.05) is 0 Å². The molecule has 1 fully saturated rings. The van der Waals surface area contributed by atoms with Gasteiger partial charge in [0.2, 0.25) is 0 Å². The number of carboxylic acids is 1. The Labute approximate surface area is 129 Å². The number of ether oxygens (including phenoxy) is 2. The number of para-hydroxylation sites is 1. The number of hydrogen-bond donors (Lipinski definition) is 2. The number of aliphatic carboxylic acids is 1. The van der Waals surface area contributed by atoms with Crippen molar-refractivity contribution in [3.8, 4) is 5.75 Å². The lowest BCUT2D eigenvalue weighted by atomic mass is 9.86. The van der Waals surface area contributed by atoms with Crippen LogP contribution in [0, 0.1) is 11.8 Å². The molecule has 0 aromatic heterocycles. The third kappa shape index (κ3) is 3.98. The highest BCUT2D eigenvalue weighted by Crippen LogP contribution is 2.24. The van der Waals surface area contributed by atoms with Gasteiger partial charge < -0.3 is 19.9 Å². The molecule has 1 amide bonds. The number of hydrogen-bond acceptors (Lipinski definition) is 4. The van der Waals surface area contributed by atoms with E-state index in [4.69, 9.17) is 9.47 Å². The molecule has 2 rings (SSSR count). The largest absolute Gasteiger partial charge is 0.496 e. The smallest absolute Gasteiger partial charge is 0.308 e. The van der Waals surface area contributed by atoms with E-state index in [0.717, 1.165) is 0 Å². The molecule has 0 saturated carbocycles.